The first kappa shape index (κ1) is 20.7. The van der Waals surface area contributed by atoms with Gasteiger partial charge in [-0.1, -0.05) is 25.8 Å². The van der Waals surface area contributed by atoms with Gasteiger partial charge in [0.1, 0.15) is 0 Å². The summed E-state index contributed by atoms with van der Waals surface area (Å²) < 4.78 is 4.94. The van der Waals surface area contributed by atoms with Crippen LogP contribution in [-0.2, 0) is 14.3 Å². The maximum Gasteiger partial charge on any atom is 0.307 e. The number of nitrogens with zero attached hydrogens (tertiary/aromatic N) is 1. The lowest BCUT2D eigenvalue weighted by atomic mass is 10.1. The second-order valence-electron chi connectivity index (χ2n) is 5.82. The Morgan fingerprint density at radius 2 is 1.88 bits per heavy atom. The average molecular weight is 348 g/mol. The summed E-state index contributed by atoms with van der Waals surface area (Å²) in [5.74, 6) is -0.637. The van der Waals surface area contributed by atoms with Crippen LogP contribution in [0.1, 0.15) is 56.8 Å². The SMILES string of the molecule is CCCCCN(CCC(=O)OCC)C(=O)c1cccc(NC(C)=O)c1. The number of nitrogens with one attached hydrogen (secondary N) is 1. The van der Waals surface area contributed by atoms with Crippen molar-refractivity contribution < 1.29 is 19.1 Å². The highest BCUT2D eigenvalue weighted by Gasteiger charge is 2.17. The van der Waals surface area contributed by atoms with Crippen LogP contribution in [0.15, 0.2) is 24.3 Å². The van der Waals surface area contributed by atoms with Gasteiger partial charge in [-0.15, -0.1) is 0 Å². The van der Waals surface area contributed by atoms with Gasteiger partial charge >= 0.3 is 5.97 Å². The fourth-order valence-corrected chi connectivity index (χ4v) is 2.44. The number of amides is 2. The molecule has 1 aromatic rings. The smallest absolute Gasteiger partial charge is 0.307 e. The maximum atomic E-state index is 12.8. The summed E-state index contributed by atoms with van der Waals surface area (Å²) in [5.41, 5.74) is 1.07. The minimum Gasteiger partial charge on any atom is -0.466 e. The van der Waals surface area contributed by atoms with Crippen molar-refractivity contribution in [2.45, 2.75) is 46.5 Å². The van der Waals surface area contributed by atoms with E-state index < -0.39 is 0 Å². The highest BCUT2D eigenvalue weighted by atomic mass is 16.5. The van der Waals surface area contributed by atoms with Gasteiger partial charge in [0.2, 0.25) is 5.91 Å². The van der Waals surface area contributed by atoms with Crippen molar-refractivity contribution in [2.75, 3.05) is 25.0 Å². The number of carbonyl (C=O) groups is 3. The number of unbranched alkanes of at least 4 members (excludes halogenated alkanes) is 2. The number of ether oxygens (including phenoxy) is 1. The van der Waals surface area contributed by atoms with Crippen molar-refractivity contribution in [3.8, 4) is 0 Å². The number of hydrogen-bond donors (Lipinski definition) is 1. The van der Waals surface area contributed by atoms with Crippen LogP contribution in [0.4, 0.5) is 5.69 Å². The monoisotopic (exact) mass is 348 g/mol. The molecule has 0 bridgehead atoms. The second-order valence-corrected chi connectivity index (χ2v) is 5.82. The Morgan fingerprint density at radius 1 is 1.12 bits per heavy atom. The first-order valence-electron chi connectivity index (χ1n) is 8.80. The molecule has 0 aliphatic rings. The van der Waals surface area contributed by atoms with E-state index in [2.05, 4.69) is 12.2 Å². The molecule has 0 atom stereocenters. The number of carbonyl (C=O) groups excluding carboxylic acids is 3. The van der Waals surface area contributed by atoms with Crippen LogP contribution < -0.4 is 5.32 Å². The molecule has 6 heteroatoms. The van der Waals surface area contributed by atoms with Gasteiger partial charge in [0, 0.05) is 31.3 Å². The fraction of sp³-hybridized carbons (Fsp3) is 0.526. The molecule has 0 aliphatic carbocycles. The lowest BCUT2D eigenvalue weighted by molar-refractivity contribution is -0.143. The summed E-state index contributed by atoms with van der Waals surface area (Å²) >= 11 is 0. The Morgan fingerprint density at radius 3 is 2.52 bits per heavy atom. The Balaban J connectivity index is 2.82. The van der Waals surface area contributed by atoms with E-state index in [0.29, 0.717) is 30.9 Å². The van der Waals surface area contributed by atoms with Crippen LogP contribution in [0.2, 0.25) is 0 Å². The number of anilines is 1. The van der Waals surface area contributed by atoms with Crippen LogP contribution in [0.5, 0.6) is 0 Å². The molecule has 0 heterocycles. The first-order valence-corrected chi connectivity index (χ1v) is 8.80. The molecule has 2 amide bonds. The Bertz CT molecular complexity index is 587. The Hall–Kier alpha value is -2.37. The molecule has 1 N–H and O–H groups in total. The third kappa shape index (κ3) is 7.83. The van der Waals surface area contributed by atoms with E-state index in [4.69, 9.17) is 4.74 Å². The van der Waals surface area contributed by atoms with Gasteiger partial charge in [-0.05, 0) is 31.5 Å². The zero-order valence-corrected chi connectivity index (χ0v) is 15.3. The van der Waals surface area contributed by atoms with Gasteiger partial charge < -0.3 is 15.0 Å². The molecular formula is C19H28N2O4. The lowest BCUT2D eigenvalue weighted by Gasteiger charge is -2.22. The van der Waals surface area contributed by atoms with Gasteiger partial charge in [-0.3, -0.25) is 14.4 Å². The topological polar surface area (TPSA) is 75.7 Å². The molecule has 0 fully saturated rings. The van der Waals surface area contributed by atoms with Gasteiger partial charge in [0.05, 0.1) is 13.0 Å². The summed E-state index contributed by atoms with van der Waals surface area (Å²) in [7, 11) is 0. The van der Waals surface area contributed by atoms with Crippen molar-refractivity contribution in [3.05, 3.63) is 29.8 Å². The van der Waals surface area contributed by atoms with E-state index in [9.17, 15) is 14.4 Å². The van der Waals surface area contributed by atoms with Gasteiger partial charge in [-0.25, -0.2) is 0 Å². The molecule has 0 spiro atoms. The molecule has 0 aliphatic heterocycles. The van der Waals surface area contributed by atoms with E-state index in [0.717, 1.165) is 19.3 Å². The predicted molar refractivity (Wildman–Crippen MR) is 97.4 cm³/mol. The molecule has 6 nitrogen and oxygen atoms in total. The van der Waals surface area contributed by atoms with Gasteiger partial charge in [-0.2, -0.15) is 0 Å². The highest BCUT2D eigenvalue weighted by molar-refractivity contribution is 5.97. The summed E-state index contributed by atoms with van der Waals surface area (Å²) in [6.45, 7) is 6.53. The summed E-state index contributed by atoms with van der Waals surface area (Å²) in [4.78, 5) is 37.3. The van der Waals surface area contributed by atoms with Crippen LogP contribution in [-0.4, -0.2) is 42.4 Å². The fourth-order valence-electron chi connectivity index (χ4n) is 2.44. The largest absolute Gasteiger partial charge is 0.466 e. The van der Waals surface area contributed by atoms with Gasteiger partial charge in [0.25, 0.3) is 5.91 Å². The van der Waals surface area contributed by atoms with E-state index in [1.807, 2.05) is 0 Å². The lowest BCUT2D eigenvalue weighted by Crippen LogP contribution is -2.34. The average Bonchev–Trinajstić information content (AvgIpc) is 2.57. The van der Waals surface area contributed by atoms with Crippen molar-refractivity contribution >= 4 is 23.5 Å². The Kier molecular flexibility index (Phi) is 9.29. The zero-order valence-electron chi connectivity index (χ0n) is 15.3. The van der Waals surface area contributed by atoms with E-state index in [-0.39, 0.29) is 24.2 Å². The summed E-state index contributed by atoms with van der Waals surface area (Å²) in [6.07, 6.45) is 3.14. The molecule has 0 radical (unpaired) electrons. The minimum absolute atomic E-state index is 0.146. The Labute approximate surface area is 149 Å². The summed E-state index contributed by atoms with van der Waals surface area (Å²) in [6, 6.07) is 6.83. The quantitative estimate of drug-likeness (QED) is 0.520. The van der Waals surface area contributed by atoms with Crippen molar-refractivity contribution in [1.82, 2.24) is 4.90 Å². The standard InChI is InChI=1S/C19H28N2O4/c1-4-6-7-12-21(13-11-18(23)25-5-2)19(24)16-9-8-10-17(14-16)20-15(3)22/h8-10,14H,4-7,11-13H2,1-3H3,(H,20,22). The number of hydrogen-bond acceptors (Lipinski definition) is 4. The number of esters is 1. The third-order valence-electron chi connectivity index (χ3n) is 3.64. The third-order valence-corrected chi connectivity index (χ3v) is 3.64. The molecule has 138 valence electrons. The van der Waals surface area contributed by atoms with Crippen LogP contribution in [0, 0.1) is 0 Å². The molecule has 0 saturated carbocycles. The molecule has 25 heavy (non-hydrogen) atoms. The minimum atomic E-state index is -0.303. The normalized spacial score (nSPS) is 10.2. The predicted octanol–water partition coefficient (Wildman–Crippen LogP) is 3.23. The second kappa shape index (κ2) is 11.2. The molecule has 0 unspecified atom stereocenters. The van der Waals surface area contributed by atoms with E-state index in [1.54, 1.807) is 36.1 Å². The molecule has 0 aromatic heterocycles. The molecule has 1 aromatic carbocycles. The van der Waals surface area contributed by atoms with Crippen LogP contribution in [0.3, 0.4) is 0 Å². The number of benzene rings is 1. The number of rotatable bonds is 10. The van der Waals surface area contributed by atoms with Crippen molar-refractivity contribution in [3.63, 3.8) is 0 Å². The van der Waals surface area contributed by atoms with E-state index >= 15 is 0 Å². The molecular weight excluding hydrogens is 320 g/mol. The molecule has 1 rings (SSSR count). The molecule has 0 saturated heterocycles. The van der Waals surface area contributed by atoms with E-state index in [1.165, 1.54) is 6.92 Å². The summed E-state index contributed by atoms with van der Waals surface area (Å²) in [5, 5.41) is 2.67. The maximum absolute atomic E-state index is 12.8. The highest BCUT2D eigenvalue weighted by Crippen LogP contribution is 2.14. The van der Waals surface area contributed by atoms with Crippen molar-refractivity contribution in [2.24, 2.45) is 0 Å². The van der Waals surface area contributed by atoms with Crippen LogP contribution >= 0.6 is 0 Å². The zero-order chi connectivity index (χ0) is 18.7. The van der Waals surface area contributed by atoms with Crippen LogP contribution in [0.25, 0.3) is 0 Å². The van der Waals surface area contributed by atoms with Gasteiger partial charge in [0.15, 0.2) is 0 Å². The van der Waals surface area contributed by atoms with Crippen molar-refractivity contribution in [1.29, 1.82) is 0 Å². The first-order chi connectivity index (χ1) is 12.0.